The molecule has 0 aliphatic carbocycles. The number of hydrogen-bond acceptors (Lipinski definition) is 4. The quantitative estimate of drug-likeness (QED) is 0.847. The normalized spacial score (nSPS) is 19.5. The first-order valence-corrected chi connectivity index (χ1v) is 9.13. The molecule has 0 aromatic heterocycles. The highest BCUT2D eigenvalue weighted by Gasteiger charge is 2.34. The zero-order chi connectivity index (χ0) is 17.6. The molecular formula is C19H27N3O3. The molecule has 0 radical (unpaired) electrons. The smallest absolute Gasteiger partial charge is 0.251 e. The molecule has 1 aromatic rings. The lowest BCUT2D eigenvalue weighted by atomic mass is 9.89. The summed E-state index contributed by atoms with van der Waals surface area (Å²) >= 11 is 0. The first-order valence-electron chi connectivity index (χ1n) is 9.13. The Morgan fingerprint density at radius 2 is 1.80 bits per heavy atom. The van der Waals surface area contributed by atoms with Crippen molar-refractivity contribution in [2.24, 2.45) is 5.92 Å². The molecule has 2 N–H and O–H groups in total. The van der Waals surface area contributed by atoms with E-state index in [1.165, 1.54) is 0 Å². The highest BCUT2D eigenvalue weighted by molar-refractivity contribution is 5.97. The molecule has 1 aromatic carbocycles. The fourth-order valence-corrected chi connectivity index (χ4v) is 3.66. The molecule has 2 amide bonds. The molecule has 0 bridgehead atoms. The van der Waals surface area contributed by atoms with E-state index >= 15 is 0 Å². The van der Waals surface area contributed by atoms with E-state index in [9.17, 15) is 9.59 Å². The van der Waals surface area contributed by atoms with Gasteiger partial charge in [0.05, 0.1) is 7.11 Å². The van der Waals surface area contributed by atoms with Crippen LogP contribution in [-0.2, 0) is 4.79 Å². The summed E-state index contributed by atoms with van der Waals surface area (Å²) in [4.78, 5) is 27.6. The summed E-state index contributed by atoms with van der Waals surface area (Å²) in [5.74, 6) is 0.779. The Hall–Kier alpha value is -2.08. The van der Waals surface area contributed by atoms with Gasteiger partial charge in [0, 0.05) is 18.7 Å². The molecule has 1 atom stereocenters. The number of amides is 2. The molecule has 2 fully saturated rings. The lowest BCUT2D eigenvalue weighted by Gasteiger charge is -2.33. The van der Waals surface area contributed by atoms with Crippen molar-refractivity contribution < 1.29 is 14.3 Å². The van der Waals surface area contributed by atoms with Gasteiger partial charge in [0.25, 0.3) is 5.91 Å². The van der Waals surface area contributed by atoms with Crippen LogP contribution in [0.4, 0.5) is 0 Å². The van der Waals surface area contributed by atoms with Crippen molar-refractivity contribution in [3.63, 3.8) is 0 Å². The van der Waals surface area contributed by atoms with E-state index < -0.39 is 6.04 Å². The number of methoxy groups -OCH3 is 1. The molecule has 6 heteroatoms. The number of benzene rings is 1. The highest BCUT2D eigenvalue weighted by Crippen LogP contribution is 2.21. The van der Waals surface area contributed by atoms with Gasteiger partial charge in [-0.3, -0.25) is 9.59 Å². The molecular weight excluding hydrogens is 318 g/mol. The maximum absolute atomic E-state index is 13.0. The van der Waals surface area contributed by atoms with Crippen molar-refractivity contribution >= 4 is 11.8 Å². The largest absolute Gasteiger partial charge is 0.497 e. The Labute approximate surface area is 148 Å². The second-order valence-corrected chi connectivity index (χ2v) is 6.80. The van der Waals surface area contributed by atoms with E-state index in [1.807, 2.05) is 4.90 Å². The van der Waals surface area contributed by atoms with Crippen LogP contribution in [0.3, 0.4) is 0 Å². The first-order chi connectivity index (χ1) is 12.2. The average Bonchev–Trinajstić information content (AvgIpc) is 3.21. The molecule has 0 saturated carbocycles. The SMILES string of the molecule is COc1ccc(C(=O)NC(C(=O)N2CCCC2)C2CCNCC2)cc1. The van der Waals surface area contributed by atoms with Crippen LogP contribution in [0.25, 0.3) is 0 Å². The number of carbonyl (C=O) groups excluding carboxylic acids is 2. The third kappa shape index (κ3) is 4.31. The second-order valence-electron chi connectivity index (χ2n) is 6.80. The zero-order valence-electron chi connectivity index (χ0n) is 14.8. The summed E-state index contributed by atoms with van der Waals surface area (Å²) in [7, 11) is 1.59. The van der Waals surface area contributed by atoms with Gasteiger partial charge in [-0.05, 0) is 69.0 Å². The summed E-state index contributed by atoms with van der Waals surface area (Å²) in [6, 6.07) is 6.55. The number of ether oxygens (including phenoxy) is 1. The summed E-state index contributed by atoms with van der Waals surface area (Å²) in [6.45, 7) is 3.40. The second kappa shape index (κ2) is 8.34. The van der Waals surface area contributed by atoms with Crippen molar-refractivity contribution in [3.05, 3.63) is 29.8 Å². The molecule has 2 aliphatic heterocycles. The van der Waals surface area contributed by atoms with E-state index in [0.717, 1.165) is 51.9 Å². The maximum atomic E-state index is 13.0. The average molecular weight is 345 g/mol. The molecule has 136 valence electrons. The molecule has 0 spiro atoms. The minimum atomic E-state index is -0.435. The molecule has 25 heavy (non-hydrogen) atoms. The number of piperidine rings is 1. The summed E-state index contributed by atoms with van der Waals surface area (Å²) in [5, 5.41) is 6.34. The number of nitrogens with one attached hydrogen (secondary N) is 2. The summed E-state index contributed by atoms with van der Waals surface area (Å²) < 4.78 is 5.13. The lowest BCUT2D eigenvalue weighted by molar-refractivity contribution is -0.133. The van der Waals surface area contributed by atoms with Crippen LogP contribution < -0.4 is 15.4 Å². The van der Waals surface area contributed by atoms with Gasteiger partial charge in [-0.1, -0.05) is 0 Å². The molecule has 1 unspecified atom stereocenters. The van der Waals surface area contributed by atoms with Gasteiger partial charge in [-0.25, -0.2) is 0 Å². The molecule has 2 aliphatic rings. The van der Waals surface area contributed by atoms with Crippen LogP contribution in [0.1, 0.15) is 36.0 Å². The third-order valence-corrected chi connectivity index (χ3v) is 5.18. The monoisotopic (exact) mass is 345 g/mol. The van der Waals surface area contributed by atoms with E-state index in [1.54, 1.807) is 31.4 Å². The van der Waals surface area contributed by atoms with Crippen molar-refractivity contribution in [2.45, 2.75) is 31.7 Å². The predicted molar refractivity (Wildman–Crippen MR) is 95.7 cm³/mol. The number of rotatable bonds is 5. The standard InChI is InChI=1S/C19H27N3O3/c1-25-16-6-4-15(5-7-16)18(23)21-17(14-8-10-20-11-9-14)19(24)22-12-2-3-13-22/h4-7,14,17,20H,2-3,8-13H2,1H3,(H,21,23). The van der Waals surface area contributed by atoms with Crippen LogP contribution in [-0.4, -0.2) is 56.0 Å². The Morgan fingerprint density at radius 3 is 2.40 bits per heavy atom. The number of carbonyl (C=O) groups is 2. The number of nitrogens with zero attached hydrogens (tertiary/aromatic N) is 1. The summed E-state index contributed by atoms with van der Waals surface area (Å²) in [5.41, 5.74) is 0.550. The minimum absolute atomic E-state index is 0.0752. The molecule has 2 heterocycles. The van der Waals surface area contributed by atoms with Crippen LogP contribution in [0.5, 0.6) is 5.75 Å². The molecule has 2 saturated heterocycles. The van der Waals surface area contributed by atoms with Crippen LogP contribution in [0, 0.1) is 5.92 Å². The van der Waals surface area contributed by atoms with Crippen molar-refractivity contribution in [1.82, 2.24) is 15.5 Å². The van der Waals surface area contributed by atoms with Crippen molar-refractivity contribution in [3.8, 4) is 5.75 Å². The van der Waals surface area contributed by atoms with Gasteiger partial charge in [-0.2, -0.15) is 0 Å². The minimum Gasteiger partial charge on any atom is -0.497 e. The lowest BCUT2D eigenvalue weighted by Crippen LogP contribution is -2.53. The Kier molecular flexibility index (Phi) is 5.91. The first kappa shape index (κ1) is 17.7. The van der Waals surface area contributed by atoms with Gasteiger partial charge in [0.1, 0.15) is 11.8 Å². The van der Waals surface area contributed by atoms with Crippen molar-refractivity contribution in [1.29, 1.82) is 0 Å². The van der Waals surface area contributed by atoms with Crippen LogP contribution in [0.2, 0.25) is 0 Å². The Morgan fingerprint density at radius 1 is 1.16 bits per heavy atom. The van der Waals surface area contributed by atoms with E-state index in [4.69, 9.17) is 4.74 Å². The fraction of sp³-hybridized carbons (Fsp3) is 0.579. The molecule has 6 nitrogen and oxygen atoms in total. The van der Waals surface area contributed by atoms with Crippen LogP contribution >= 0.6 is 0 Å². The third-order valence-electron chi connectivity index (χ3n) is 5.18. The Balaban J connectivity index is 1.73. The predicted octanol–water partition coefficient (Wildman–Crippen LogP) is 1.42. The van der Waals surface area contributed by atoms with E-state index in [0.29, 0.717) is 11.3 Å². The van der Waals surface area contributed by atoms with E-state index in [2.05, 4.69) is 10.6 Å². The van der Waals surface area contributed by atoms with Gasteiger partial charge in [0.15, 0.2) is 0 Å². The topological polar surface area (TPSA) is 70.7 Å². The van der Waals surface area contributed by atoms with Gasteiger partial charge in [0.2, 0.25) is 5.91 Å². The maximum Gasteiger partial charge on any atom is 0.251 e. The van der Waals surface area contributed by atoms with Gasteiger partial charge >= 0.3 is 0 Å². The van der Waals surface area contributed by atoms with Crippen LogP contribution in [0.15, 0.2) is 24.3 Å². The fourth-order valence-electron chi connectivity index (χ4n) is 3.66. The van der Waals surface area contributed by atoms with Gasteiger partial charge in [-0.15, -0.1) is 0 Å². The Bertz CT molecular complexity index is 590. The summed E-state index contributed by atoms with van der Waals surface area (Å²) in [6.07, 6.45) is 3.93. The van der Waals surface area contributed by atoms with E-state index in [-0.39, 0.29) is 17.7 Å². The molecule has 3 rings (SSSR count). The highest BCUT2D eigenvalue weighted by atomic mass is 16.5. The van der Waals surface area contributed by atoms with Crippen molar-refractivity contribution in [2.75, 3.05) is 33.3 Å². The number of hydrogen-bond donors (Lipinski definition) is 2. The van der Waals surface area contributed by atoms with Gasteiger partial charge < -0.3 is 20.3 Å². The zero-order valence-corrected chi connectivity index (χ0v) is 14.8. The number of likely N-dealkylation sites (tertiary alicyclic amines) is 1.